The third-order valence-electron chi connectivity index (χ3n) is 6.23. The second-order valence-electron chi connectivity index (χ2n) is 8.33. The minimum Gasteiger partial charge on any atom is -0.487 e. The van der Waals surface area contributed by atoms with E-state index in [1.54, 1.807) is 0 Å². The van der Waals surface area contributed by atoms with Crippen LogP contribution in [0.3, 0.4) is 0 Å². The molecule has 1 saturated carbocycles. The molecule has 2 aliphatic heterocycles. The molecule has 0 unspecified atom stereocenters. The first-order valence-electron chi connectivity index (χ1n) is 10.7. The summed E-state index contributed by atoms with van der Waals surface area (Å²) in [5.74, 6) is 0.963. The van der Waals surface area contributed by atoms with Crippen molar-refractivity contribution < 1.29 is 24.2 Å². The number of fused-ring (bicyclic) bond motifs is 3. The van der Waals surface area contributed by atoms with Crippen LogP contribution in [0.2, 0.25) is 0 Å². The van der Waals surface area contributed by atoms with Crippen LogP contribution in [0.15, 0.2) is 18.2 Å². The maximum atomic E-state index is 12.3. The topological polar surface area (TPSA) is 96.9 Å². The van der Waals surface area contributed by atoms with E-state index in [1.165, 1.54) is 0 Å². The van der Waals surface area contributed by atoms with Crippen molar-refractivity contribution in [2.24, 2.45) is 5.92 Å². The predicted octanol–water partition coefficient (Wildman–Crippen LogP) is 2.34. The van der Waals surface area contributed by atoms with Crippen LogP contribution in [0.5, 0.6) is 5.75 Å². The number of hydrogen-bond donors (Lipinski definition) is 3. The average Bonchev–Trinajstić information content (AvgIpc) is 3.02. The summed E-state index contributed by atoms with van der Waals surface area (Å²) < 4.78 is 12.0. The molecule has 2 fully saturated rings. The van der Waals surface area contributed by atoms with Gasteiger partial charge >= 0.3 is 0 Å². The van der Waals surface area contributed by atoms with Gasteiger partial charge in [0.2, 0.25) is 11.8 Å². The zero-order valence-corrected chi connectivity index (χ0v) is 16.9. The number of rotatable bonds is 7. The van der Waals surface area contributed by atoms with Crippen LogP contribution in [-0.4, -0.2) is 48.4 Å². The van der Waals surface area contributed by atoms with Gasteiger partial charge in [0.05, 0.1) is 19.1 Å². The van der Waals surface area contributed by atoms with Crippen molar-refractivity contribution in [3.05, 3.63) is 23.8 Å². The fourth-order valence-corrected chi connectivity index (χ4v) is 4.43. The van der Waals surface area contributed by atoms with Gasteiger partial charge in [-0.15, -0.1) is 0 Å². The fraction of sp³-hybridized carbons (Fsp3) is 0.636. The number of hydrogen-bond acceptors (Lipinski definition) is 5. The normalized spacial score (nSPS) is 27.9. The van der Waals surface area contributed by atoms with Gasteiger partial charge in [-0.1, -0.05) is 13.3 Å². The highest BCUT2D eigenvalue weighted by molar-refractivity contribution is 5.93. The minimum absolute atomic E-state index is 0.0282. The number of aliphatic hydroxyl groups is 1. The van der Waals surface area contributed by atoms with Crippen LogP contribution in [0.4, 0.5) is 5.69 Å². The summed E-state index contributed by atoms with van der Waals surface area (Å²) in [6, 6.07) is 5.71. The zero-order chi connectivity index (χ0) is 20.4. The Balaban J connectivity index is 1.47. The van der Waals surface area contributed by atoms with Crippen LogP contribution in [-0.2, 0) is 14.3 Å². The number of carbonyl (C=O) groups excluding carboxylic acids is 2. The van der Waals surface area contributed by atoms with E-state index < -0.39 is 6.10 Å². The number of amides is 2. The van der Waals surface area contributed by atoms with E-state index in [2.05, 4.69) is 10.6 Å². The molecule has 4 atom stereocenters. The number of nitrogens with one attached hydrogen (secondary N) is 2. The van der Waals surface area contributed by atoms with Crippen molar-refractivity contribution in [3.8, 4) is 5.75 Å². The van der Waals surface area contributed by atoms with Gasteiger partial charge in [-0.3, -0.25) is 9.59 Å². The van der Waals surface area contributed by atoms with Crippen LogP contribution in [0, 0.1) is 5.92 Å². The molecule has 1 aliphatic carbocycles. The number of ether oxygens (including phenoxy) is 2. The first-order chi connectivity index (χ1) is 14.1. The highest BCUT2D eigenvalue weighted by Crippen LogP contribution is 2.47. The molecule has 2 heterocycles. The molecule has 1 saturated heterocycles. The Morgan fingerprint density at radius 1 is 1.28 bits per heavy atom. The Labute approximate surface area is 171 Å². The van der Waals surface area contributed by atoms with Gasteiger partial charge in [0.1, 0.15) is 18.0 Å². The summed E-state index contributed by atoms with van der Waals surface area (Å²) in [4.78, 5) is 24.4. The van der Waals surface area contributed by atoms with Gasteiger partial charge in [-0.2, -0.15) is 0 Å². The smallest absolute Gasteiger partial charge is 0.227 e. The standard InChI is InChI=1S/C22H30N2O5/c1-2-8-23-20(26)11-15-10-17-16-9-14(24-22(27)13-4-3-5-13)6-7-18(16)29-21(17)19(12-25)28-15/h6-7,9,13,15,17,19,21,25H,2-5,8,10-12H2,1H3,(H,23,26)(H,24,27)/t15-,17+,19+,21-/m1/s1. The summed E-state index contributed by atoms with van der Waals surface area (Å²) in [5, 5.41) is 15.7. The number of benzene rings is 1. The van der Waals surface area contributed by atoms with Crippen molar-refractivity contribution >= 4 is 17.5 Å². The third-order valence-corrected chi connectivity index (χ3v) is 6.23. The molecular weight excluding hydrogens is 372 g/mol. The number of aliphatic hydroxyl groups excluding tert-OH is 1. The van der Waals surface area contributed by atoms with E-state index in [9.17, 15) is 14.7 Å². The molecule has 3 aliphatic rings. The second-order valence-corrected chi connectivity index (χ2v) is 8.33. The Morgan fingerprint density at radius 3 is 2.79 bits per heavy atom. The molecule has 1 aromatic carbocycles. The maximum absolute atomic E-state index is 12.3. The minimum atomic E-state index is -0.474. The maximum Gasteiger partial charge on any atom is 0.227 e. The van der Waals surface area contributed by atoms with Crippen molar-refractivity contribution in [3.63, 3.8) is 0 Å². The fourth-order valence-electron chi connectivity index (χ4n) is 4.43. The number of carbonyl (C=O) groups is 2. The van der Waals surface area contributed by atoms with E-state index in [4.69, 9.17) is 9.47 Å². The lowest BCUT2D eigenvalue weighted by atomic mass is 9.83. The molecule has 0 radical (unpaired) electrons. The molecule has 0 aromatic heterocycles. The van der Waals surface area contributed by atoms with Crippen LogP contribution in [0.25, 0.3) is 0 Å². The molecule has 0 spiro atoms. The molecule has 3 N–H and O–H groups in total. The van der Waals surface area contributed by atoms with Crippen LogP contribution in [0.1, 0.15) is 56.9 Å². The highest BCUT2D eigenvalue weighted by Gasteiger charge is 2.46. The summed E-state index contributed by atoms with van der Waals surface area (Å²) in [5.41, 5.74) is 1.79. The third kappa shape index (κ3) is 4.26. The van der Waals surface area contributed by atoms with Gasteiger partial charge in [0.25, 0.3) is 0 Å². The Morgan fingerprint density at radius 2 is 2.10 bits per heavy atom. The Bertz CT molecular complexity index is 764. The van der Waals surface area contributed by atoms with Crippen LogP contribution < -0.4 is 15.4 Å². The van der Waals surface area contributed by atoms with Gasteiger partial charge in [-0.25, -0.2) is 0 Å². The Hall–Kier alpha value is -2.12. The molecule has 1 aromatic rings. The molecule has 4 rings (SSSR count). The van der Waals surface area contributed by atoms with E-state index in [0.717, 1.165) is 42.7 Å². The van der Waals surface area contributed by atoms with Crippen LogP contribution >= 0.6 is 0 Å². The van der Waals surface area contributed by atoms with Crippen molar-refractivity contribution in [1.29, 1.82) is 0 Å². The quantitative estimate of drug-likeness (QED) is 0.650. The van der Waals surface area contributed by atoms with E-state index in [1.807, 2.05) is 25.1 Å². The lowest BCUT2D eigenvalue weighted by Crippen LogP contribution is -2.47. The predicted molar refractivity (Wildman–Crippen MR) is 108 cm³/mol. The molecule has 7 heteroatoms. The molecule has 158 valence electrons. The van der Waals surface area contributed by atoms with E-state index in [-0.39, 0.29) is 48.9 Å². The summed E-state index contributed by atoms with van der Waals surface area (Å²) in [6.45, 7) is 2.50. The monoisotopic (exact) mass is 402 g/mol. The Kier molecular flexibility index (Phi) is 6.06. The van der Waals surface area contributed by atoms with Gasteiger partial charge in [0.15, 0.2) is 0 Å². The average molecular weight is 402 g/mol. The lowest BCUT2D eigenvalue weighted by Gasteiger charge is -2.37. The summed E-state index contributed by atoms with van der Waals surface area (Å²) in [6.07, 6.45) is 3.83. The molecule has 29 heavy (non-hydrogen) atoms. The molecule has 0 bridgehead atoms. The van der Waals surface area contributed by atoms with Crippen molar-refractivity contribution in [1.82, 2.24) is 5.32 Å². The zero-order valence-electron chi connectivity index (χ0n) is 16.9. The first-order valence-corrected chi connectivity index (χ1v) is 10.7. The summed E-state index contributed by atoms with van der Waals surface area (Å²) >= 11 is 0. The van der Waals surface area contributed by atoms with Crippen molar-refractivity contribution in [2.75, 3.05) is 18.5 Å². The second kappa shape index (κ2) is 8.71. The molecule has 7 nitrogen and oxygen atoms in total. The molecule has 2 amide bonds. The lowest BCUT2D eigenvalue weighted by molar-refractivity contribution is -0.142. The van der Waals surface area contributed by atoms with E-state index >= 15 is 0 Å². The SMILES string of the molecule is CCCNC(=O)C[C@H]1C[C@H]2c3cc(NC(=O)C4CCC4)ccc3O[C@H]2[C@H](CO)O1. The number of anilines is 1. The van der Waals surface area contributed by atoms with Gasteiger partial charge in [-0.05, 0) is 43.9 Å². The first kappa shape index (κ1) is 20.2. The largest absolute Gasteiger partial charge is 0.487 e. The van der Waals surface area contributed by atoms with Gasteiger partial charge in [0, 0.05) is 29.6 Å². The molecular formula is C22H30N2O5. The van der Waals surface area contributed by atoms with Crippen molar-refractivity contribution in [2.45, 2.75) is 69.7 Å². The van der Waals surface area contributed by atoms with Gasteiger partial charge < -0.3 is 25.2 Å². The summed E-state index contributed by atoms with van der Waals surface area (Å²) in [7, 11) is 0. The highest BCUT2D eigenvalue weighted by atomic mass is 16.6. The van der Waals surface area contributed by atoms with E-state index in [0.29, 0.717) is 13.0 Å².